The molecule has 0 spiro atoms. The Morgan fingerprint density at radius 2 is 2.00 bits per heavy atom. The maximum absolute atomic E-state index is 12.0. The third kappa shape index (κ3) is 4.73. The number of carbonyl (C=O) groups excluding carboxylic acids is 1. The summed E-state index contributed by atoms with van der Waals surface area (Å²) in [5, 5.41) is 9.25. The SMILES string of the molecule is CCOc1cccc(CNC(=O)NCCc2csc3ccccc23)c1. The van der Waals surface area contributed by atoms with Crippen LogP contribution in [0.2, 0.25) is 0 Å². The summed E-state index contributed by atoms with van der Waals surface area (Å²) >= 11 is 1.75. The minimum atomic E-state index is -0.152. The lowest BCUT2D eigenvalue weighted by Crippen LogP contribution is -2.36. The number of hydrogen-bond acceptors (Lipinski definition) is 3. The molecule has 3 rings (SSSR count). The molecule has 1 heterocycles. The number of fused-ring (bicyclic) bond motifs is 1. The van der Waals surface area contributed by atoms with Crippen molar-refractivity contribution in [2.24, 2.45) is 0 Å². The second kappa shape index (κ2) is 8.53. The van der Waals surface area contributed by atoms with Gasteiger partial charge < -0.3 is 15.4 Å². The maximum Gasteiger partial charge on any atom is 0.315 e. The summed E-state index contributed by atoms with van der Waals surface area (Å²) in [5.41, 5.74) is 2.30. The van der Waals surface area contributed by atoms with Crippen LogP contribution in [-0.4, -0.2) is 19.2 Å². The fourth-order valence-corrected chi connectivity index (χ4v) is 3.69. The van der Waals surface area contributed by atoms with Crippen molar-refractivity contribution in [2.75, 3.05) is 13.2 Å². The van der Waals surface area contributed by atoms with E-state index < -0.39 is 0 Å². The van der Waals surface area contributed by atoms with Crippen LogP contribution in [-0.2, 0) is 13.0 Å². The number of hydrogen-bond donors (Lipinski definition) is 2. The minimum absolute atomic E-state index is 0.152. The monoisotopic (exact) mass is 354 g/mol. The molecular weight excluding hydrogens is 332 g/mol. The third-order valence-electron chi connectivity index (χ3n) is 3.90. The highest BCUT2D eigenvalue weighted by Gasteiger charge is 2.05. The molecule has 0 bridgehead atoms. The Morgan fingerprint density at radius 3 is 2.88 bits per heavy atom. The van der Waals surface area contributed by atoms with E-state index in [4.69, 9.17) is 4.74 Å². The number of ether oxygens (including phenoxy) is 1. The summed E-state index contributed by atoms with van der Waals surface area (Å²) in [6.07, 6.45) is 0.831. The number of thiophene rings is 1. The van der Waals surface area contributed by atoms with Crippen molar-refractivity contribution in [3.63, 3.8) is 0 Å². The molecule has 1 aromatic heterocycles. The van der Waals surface area contributed by atoms with Gasteiger partial charge in [-0.2, -0.15) is 0 Å². The zero-order valence-electron chi connectivity index (χ0n) is 14.2. The van der Waals surface area contributed by atoms with E-state index in [2.05, 4.69) is 40.3 Å². The number of benzene rings is 2. The second-order valence-corrected chi connectivity index (χ2v) is 6.61. The van der Waals surface area contributed by atoms with Gasteiger partial charge in [-0.3, -0.25) is 0 Å². The van der Waals surface area contributed by atoms with Crippen LogP contribution >= 0.6 is 11.3 Å². The van der Waals surface area contributed by atoms with Crippen molar-refractivity contribution in [2.45, 2.75) is 19.9 Å². The number of carbonyl (C=O) groups is 1. The predicted octanol–water partition coefficient (Wildman–Crippen LogP) is 4.34. The Balaban J connectivity index is 1.44. The van der Waals surface area contributed by atoms with E-state index in [0.717, 1.165) is 17.7 Å². The Labute approximate surface area is 151 Å². The summed E-state index contributed by atoms with van der Waals surface area (Å²) in [7, 11) is 0. The molecule has 3 aromatic rings. The number of rotatable bonds is 7. The molecule has 0 radical (unpaired) electrons. The van der Waals surface area contributed by atoms with Crippen molar-refractivity contribution < 1.29 is 9.53 Å². The van der Waals surface area contributed by atoms with Crippen LogP contribution in [0, 0.1) is 0 Å². The van der Waals surface area contributed by atoms with Crippen LogP contribution in [0.25, 0.3) is 10.1 Å². The van der Waals surface area contributed by atoms with Gasteiger partial charge >= 0.3 is 6.03 Å². The molecule has 0 aliphatic rings. The lowest BCUT2D eigenvalue weighted by Gasteiger charge is -2.09. The van der Waals surface area contributed by atoms with Crippen LogP contribution in [0.5, 0.6) is 5.75 Å². The van der Waals surface area contributed by atoms with Crippen molar-refractivity contribution in [1.29, 1.82) is 0 Å². The highest BCUT2D eigenvalue weighted by molar-refractivity contribution is 7.17. The third-order valence-corrected chi connectivity index (χ3v) is 4.92. The first-order valence-electron chi connectivity index (χ1n) is 8.45. The lowest BCUT2D eigenvalue weighted by molar-refractivity contribution is 0.240. The van der Waals surface area contributed by atoms with Gasteiger partial charge in [-0.25, -0.2) is 4.79 Å². The number of urea groups is 1. The highest BCUT2D eigenvalue weighted by atomic mass is 32.1. The Bertz CT molecular complexity index is 844. The van der Waals surface area contributed by atoms with Gasteiger partial charge in [0, 0.05) is 17.8 Å². The largest absolute Gasteiger partial charge is 0.494 e. The van der Waals surface area contributed by atoms with Gasteiger partial charge in [-0.15, -0.1) is 11.3 Å². The van der Waals surface area contributed by atoms with Crippen LogP contribution in [0.1, 0.15) is 18.1 Å². The van der Waals surface area contributed by atoms with E-state index in [9.17, 15) is 4.79 Å². The average molecular weight is 354 g/mol. The standard InChI is InChI=1S/C20H22N2O2S/c1-2-24-17-7-5-6-15(12-17)13-22-20(23)21-11-10-16-14-25-19-9-4-3-8-18(16)19/h3-9,12,14H,2,10-11,13H2,1H3,(H2,21,22,23). The summed E-state index contributed by atoms with van der Waals surface area (Å²) < 4.78 is 6.76. The molecule has 25 heavy (non-hydrogen) atoms. The zero-order valence-corrected chi connectivity index (χ0v) is 15.1. The molecule has 0 unspecified atom stereocenters. The molecule has 2 amide bonds. The zero-order chi connectivity index (χ0) is 17.5. The van der Waals surface area contributed by atoms with E-state index in [-0.39, 0.29) is 6.03 Å². The summed E-state index contributed by atoms with van der Waals surface area (Å²) in [5.74, 6) is 0.826. The molecular formula is C20H22N2O2S. The van der Waals surface area contributed by atoms with Gasteiger partial charge in [-0.1, -0.05) is 30.3 Å². The highest BCUT2D eigenvalue weighted by Crippen LogP contribution is 2.25. The topological polar surface area (TPSA) is 50.4 Å². The smallest absolute Gasteiger partial charge is 0.315 e. The van der Waals surface area contributed by atoms with E-state index in [0.29, 0.717) is 19.7 Å². The molecule has 130 valence electrons. The maximum atomic E-state index is 12.0. The number of amides is 2. The summed E-state index contributed by atoms with van der Waals surface area (Å²) in [4.78, 5) is 12.0. The molecule has 0 atom stereocenters. The predicted molar refractivity (Wildman–Crippen MR) is 103 cm³/mol. The molecule has 4 nitrogen and oxygen atoms in total. The first-order valence-corrected chi connectivity index (χ1v) is 9.33. The molecule has 0 fully saturated rings. The molecule has 0 saturated carbocycles. The van der Waals surface area contributed by atoms with Gasteiger partial charge in [0.25, 0.3) is 0 Å². The average Bonchev–Trinajstić information content (AvgIpc) is 3.04. The van der Waals surface area contributed by atoms with Gasteiger partial charge in [0.15, 0.2) is 0 Å². The Morgan fingerprint density at radius 1 is 1.12 bits per heavy atom. The fraction of sp³-hybridized carbons (Fsp3) is 0.250. The van der Waals surface area contributed by atoms with E-state index >= 15 is 0 Å². The second-order valence-electron chi connectivity index (χ2n) is 5.70. The van der Waals surface area contributed by atoms with Crippen LogP contribution in [0.15, 0.2) is 53.9 Å². The minimum Gasteiger partial charge on any atom is -0.494 e. The Kier molecular flexibility index (Phi) is 5.90. The van der Waals surface area contributed by atoms with Crippen LogP contribution in [0.4, 0.5) is 4.79 Å². The molecule has 2 aromatic carbocycles. The van der Waals surface area contributed by atoms with Gasteiger partial charge in [0.1, 0.15) is 5.75 Å². The Hall–Kier alpha value is -2.53. The van der Waals surface area contributed by atoms with E-state index in [1.54, 1.807) is 11.3 Å². The van der Waals surface area contributed by atoms with Gasteiger partial charge in [0.2, 0.25) is 0 Å². The van der Waals surface area contributed by atoms with Gasteiger partial charge in [-0.05, 0) is 53.4 Å². The first-order chi connectivity index (χ1) is 12.3. The van der Waals surface area contributed by atoms with Crippen molar-refractivity contribution in [3.8, 4) is 5.75 Å². The van der Waals surface area contributed by atoms with Crippen LogP contribution in [0.3, 0.4) is 0 Å². The quantitative estimate of drug-likeness (QED) is 0.663. The molecule has 0 aliphatic heterocycles. The van der Waals surface area contributed by atoms with Crippen molar-refractivity contribution >= 4 is 27.5 Å². The first kappa shape index (κ1) is 17.3. The van der Waals surface area contributed by atoms with Crippen molar-refractivity contribution in [3.05, 3.63) is 65.0 Å². The molecule has 5 heteroatoms. The molecule has 0 aliphatic carbocycles. The van der Waals surface area contributed by atoms with Gasteiger partial charge in [0.05, 0.1) is 6.61 Å². The summed E-state index contributed by atoms with van der Waals surface area (Å²) in [6.45, 7) is 3.68. The normalized spacial score (nSPS) is 10.6. The van der Waals surface area contributed by atoms with Crippen LogP contribution < -0.4 is 15.4 Å². The number of nitrogens with one attached hydrogen (secondary N) is 2. The summed E-state index contributed by atoms with van der Waals surface area (Å²) in [6, 6.07) is 16.0. The molecule has 2 N–H and O–H groups in total. The van der Waals surface area contributed by atoms with Crippen molar-refractivity contribution in [1.82, 2.24) is 10.6 Å². The molecule has 0 saturated heterocycles. The van der Waals surface area contributed by atoms with E-state index in [1.807, 2.05) is 31.2 Å². The lowest BCUT2D eigenvalue weighted by atomic mass is 10.1. The van der Waals surface area contributed by atoms with E-state index in [1.165, 1.54) is 15.6 Å². The fourth-order valence-electron chi connectivity index (χ4n) is 2.69.